The van der Waals surface area contributed by atoms with E-state index in [1.165, 1.54) is 31.4 Å². The summed E-state index contributed by atoms with van der Waals surface area (Å²) in [7, 11) is 1.82. The molecular formula is C15H22N8. The summed E-state index contributed by atoms with van der Waals surface area (Å²) in [5, 5.41) is 13.6. The number of nitrogens with one attached hydrogen (secondary N) is 3. The summed E-state index contributed by atoms with van der Waals surface area (Å²) in [6.45, 7) is 3.20. The fraction of sp³-hybridized carbons (Fsp3) is 0.600. The second-order valence-corrected chi connectivity index (χ2v) is 6.33. The van der Waals surface area contributed by atoms with Crippen LogP contribution in [-0.2, 0) is 0 Å². The fourth-order valence-electron chi connectivity index (χ4n) is 3.01. The van der Waals surface area contributed by atoms with E-state index < -0.39 is 0 Å². The first-order valence-electron chi connectivity index (χ1n) is 8.26. The molecule has 2 aromatic rings. The molecule has 1 aliphatic heterocycles. The van der Waals surface area contributed by atoms with Gasteiger partial charge in [-0.15, -0.1) is 0 Å². The van der Waals surface area contributed by atoms with Gasteiger partial charge in [-0.3, -0.25) is 5.10 Å². The van der Waals surface area contributed by atoms with E-state index in [1.54, 1.807) is 0 Å². The average molecular weight is 314 g/mol. The lowest BCUT2D eigenvalue weighted by Crippen LogP contribution is -2.28. The molecule has 0 unspecified atom stereocenters. The highest BCUT2D eigenvalue weighted by atomic mass is 15.4. The standard InChI is InChI=1S/C15H22N8/c1-9-4-3-7-23(9)15-19-13(16-2)18-14(20-15)17-12-8-11(21-22-12)10-5-6-10/h8-10H,3-7H2,1-2H3,(H3,16,17,18,19,20,21,22)/t9-/m0/s1. The van der Waals surface area contributed by atoms with Crippen LogP contribution in [0.1, 0.15) is 44.2 Å². The van der Waals surface area contributed by atoms with Crippen molar-refractivity contribution in [2.24, 2.45) is 0 Å². The van der Waals surface area contributed by atoms with Crippen molar-refractivity contribution >= 4 is 23.7 Å². The van der Waals surface area contributed by atoms with E-state index in [0.29, 0.717) is 23.9 Å². The third kappa shape index (κ3) is 2.93. The largest absolute Gasteiger partial charge is 0.357 e. The van der Waals surface area contributed by atoms with Crippen molar-refractivity contribution in [3.63, 3.8) is 0 Å². The number of aromatic amines is 1. The molecule has 0 aromatic carbocycles. The highest BCUT2D eigenvalue weighted by Gasteiger charge is 2.26. The van der Waals surface area contributed by atoms with Gasteiger partial charge in [-0.1, -0.05) is 0 Å². The van der Waals surface area contributed by atoms with Gasteiger partial charge in [-0.2, -0.15) is 20.1 Å². The van der Waals surface area contributed by atoms with E-state index in [2.05, 4.69) is 47.6 Å². The second-order valence-electron chi connectivity index (χ2n) is 6.33. The molecule has 23 heavy (non-hydrogen) atoms. The summed E-state index contributed by atoms with van der Waals surface area (Å²) >= 11 is 0. The smallest absolute Gasteiger partial charge is 0.235 e. The van der Waals surface area contributed by atoms with Crippen LogP contribution >= 0.6 is 0 Å². The summed E-state index contributed by atoms with van der Waals surface area (Å²) in [6, 6.07) is 2.50. The topological polar surface area (TPSA) is 94.6 Å². The number of hydrogen-bond acceptors (Lipinski definition) is 7. The number of rotatable bonds is 5. The molecule has 3 heterocycles. The van der Waals surface area contributed by atoms with Gasteiger partial charge in [0.1, 0.15) is 0 Å². The van der Waals surface area contributed by atoms with E-state index >= 15 is 0 Å². The predicted octanol–water partition coefficient (Wildman–Crippen LogP) is 2.25. The Morgan fingerprint density at radius 2 is 2.00 bits per heavy atom. The summed E-state index contributed by atoms with van der Waals surface area (Å²) in [5.74, 6) is 3.20. The molecule has 0 amide bonds. The molecule has 0 bridgehead atoms. The highest BCUT2D eigenvalue weighted by molar-refractivity contribution is 5.53. The maximum atomic E-state index is 4.58. The normalized spacial score (nSPS) is 20.8. The third-order valence-corrected chi connectivity index (χ3v) is 4.51. The van der Waals surface area contributed by atoms with E-state index in [0.717, 1.165) is 18.3 Å². The van der Waals surface area contributed by atoms with Gasteiger partial charge in [-0.05, 0) is 32.6 Å². The Morgan fingerprint density at radius 3 is 2.70 bits per heavy atom. The molecular weight excluding hydrogens is 292 g/mol. The zero-order valence-electron chi connectivity index (χ0n) is 13.5. The monoisotopic (exact) mass is 314 g/mol. The lowest BCUT2D eigenvalue weighted by molar-refractivity contribution is 0.715. The van der Waals surface area contributed by atoms with Crippen LogP contribution in [0.15, 0.2) is 6.07 Å². The average Bonchev–Trinajstić information content (AvgIpc) is 3.16. The van der Waals surface area contributed by atoms with Crippen LogP contribution in [0, 0.1) is 0 Å². The van der Waals surface area contributed by atoms with Gasteiger partial charge in [-0.25, -0.2) is 0 Å². The predicted molar refractivity (Wildman–Crippen MR) is 89.3 cm³/mol. The summed E-state index contributed by atoms with van der Waals surface area (Å²) in [5.41, 5.74) is 1.18. The maximum absolute atomic E-state index is 4.58. The Morgan fingerprint density at radius 1 is 1.17 bits per heavy atom. The number of nitrogens with zero attached hydrogens (tertiary/aromatic N) is 5. The van der Waals surface area contributed by atoms with Gasteiger partial charge >= 0.3 is 0 Å². The van der Waals surface area contributed by atoms with Crippen molar-refractivity contribution in [2.75, 3.05) is 29.1 Å². The van der Waals surface area contributed by atoms with Crippen molar-refractivity contribution in [1.82, 2.24) is 25.1 Å². The molecule has 1 atom stereocenters. The van der Waals surface area contributed by atoms with Crippen molar-refractivity contribution in [2.45, 2.75) is 44.6 Å². The maximum Gasteiger partial charge on any atom is 0.235 e. The van der Waals surface area contributed by atoms with Crippen molar-refractivity contribution in [1.29, 1.82) is 0 Å². The van der Waals surface area contributed by atoms with E-state index in [-0.39, 0.29) is 0 Å². The first kappa shape index (κ1) is 14.2. The zero-order valence-corrected chi connectivity index (χ0v) is 13.5. The molecule has 122 valence electrons. The Hall–Kier alpha value is -2.38. The summed E-state index contributed by atoms with van der Waals surface area (Å²) in [6.07, 6.45) is 4.84. The molecule has 3 N–H and O–H groups in total. The highest BCUT2D eigenvalue weighted by Crippen LogP contribution is 2.39. The van der Waals surface area contributed by atoms with Crippen molar-refractivity contribution in [3.8, 4) is 0 Å². The quantitative estimate of drug-likeness (QED) is 0.779. The summed E-state index contributed by atoms with van der Waals surface area (Å²) in [4.78, 5) is 15.7. The molecule has 2 aliphatic rings. The van der Waals surface area contributed by atoms with E-state index in [1.807, 2.05) is 13.1 Å². The van der Waals surface area contributed by atoms with Gasteiger partial charge in [0.25, 0.3) is 0 Å². The lowest BCUT2D eigenvalue weighted by Gasteiger charge is -2.21. The Bertz CT molecular complexity index is 693. The minimum Gasteiger partial charge on any atom is -0.357 e. The van der Waals surface area contributed by atoms with Gasteiger partial charge in [0, 0.05) is 37.3 Å². The fourth-order valence-corrected chi connectivity index (χ4v) is 3.01. The van der Waals surface area contributed by atoms with Crippen LogP contribution in [-0.4, -0.2) is 44.8 Å². The van der Waals surface area contributed by atoms with Gasteiger partial charge in [0.15, 0.2) is 5.82 Å². The molecule has 4 rings (SSSR count). The third-order valence-electron chi connectivity index (χ3n) is 4.51. The van der Waals surface area contributed by atoms with Crippen molar-refractivity contribution in [3.05, 3.63) is 11.8 Å². The first-order valence-corrected chi connectivity index (χ1v) is 8.26. The minimum atomic E-state index is 0.460. The number of aromatic nitrogens is 5. The molecule has 2 aromatic heterocycles. The van der Waals surface area contributed by atoms with E-state index in [4.69, 9.17) is 0 Å². The van der Waals surface area contributed by atoms with Crippen molar-refractivity contribution < 1.29 is 0 Å². The molecule has 8 heteroatoms. The Kier molecular flexibility index (Phi) is 3.51. The Balaban J connectivity index is 1.58. The second kappa shape index (κ2) is 5.68. The number of H-pyrrole nitrogens is 1. The molecule has 1 saturated carbocycles. The lowest BCUT2D eigenvalue weighted by atomic mass is 10.2. The number of anilines is 4. The van der Waals surface area contributed by atoms with Crippen LogP contribution in [0.5, 0.6) is 0 Å². The van der Waals surface area contributed by atoms with Gasteiger partial charge in [0.05, 0.1) is 0 Å². The zero-order chi connectivity index (χ0) is 15.8. The molecule has 8 nitrogen and oxygen atoms in total. The molecule has 1 saturated heterocycles. The van der Waals surface area contributed by atoms with Crippen LogP contribution in [0.3, 0.4) is 0 Å². The Labute approximate surface area is 135 Å². The molecule has 1 aliphatic carbocycles. The van der Waals surface area contributed by atoms with Gasteiger partial charge < -0.3 is 15.5 Å². The van der Waals surface area contributed by atoms with Crippen LogP contribution in [0.4, 0.5) is 23.7 Å². The summed E-state index contributed by atoms with van der Waals surface area (Å²) < 4.78 is 0. The molecule has 0 radical (unpaired) electrons. The van der Waals surface area contributed by atoms with Crippen LogP contribution in [0.2, 0.25) is 0 Å². The number of hydrogen-bond donors (Lipinski definition) is 3. The molecule has 2 fully saturated rings. The first-order chi connectivity index (χ1) is 11.2. The molecule has 0 spiro atoms. The van der Waals surface area contributed by atoms with E-state index in [9.17, 15) is 0 Å². The van der Waals surface area contributed by atoms with Crippen LogP contribution < -0.4 is 15.5 Å². The van der Waals surface area contributed by atoms with Gasteiger partial charge in [0.2, 0.25) is 17.8 Å². The van der Waals surface area contributed by atoms with Crippen LogP contribution in [0.25, 0.3) is 0 Å². The SMILES string of the molecule is CNc1nc(Nc2cc(C3CC3)[nH]n2)nc(N2CCC[C@@H]2C)n1. The minimum absolute atomic E-state index is 0.460.